The van der Waals surface area contributed by atoms with Gasteiger partial charge >= 0.3 is 6.18 Å². The first-order valence-corrected chi connectivity index (χ1v) is 44.9. The van der Waals surface area contributed by atoms with Crippen LogP contribution in [-0.2, 0) is 24.4 Å². The molecule has 39 heteroatoms. The van der Waals surface area contributed by atoms with Crippen LogP contribution in [0.1, 0.15) is 178 Å². The van der Waals surface area contributed by atoms with Gasteiger partial charge in [0.25, 0.3) is 0 Å². The summed E-state index contributed by atoms with van der Waals surface area (Å²) < 4.78 is 62.9. The van der Waals surface area contributed by atoms with E-state index in [1.54, 1.807) is 67.2 Å². The molecule has 0 spiro atoms. The molecule has 0 aliphatic heterocycles. The van der Waals surface area contributed by atoms with E-state index in [0.717, 1.165) is 162 Å². The first kappa shape index (κ1) is 113. The number of carbonyl (C=O) groups is 1. The van der Waals surface area contributed by atoms with Crippen LogP contribution in [-0.4, -0.2) is 209 Å². The Hall–Kier alpha value is -10.9. The zero-order valence-corrected chi connectivity index (χ0v) is 81.6. The Morgan fingerprint density at radius 3 is 1.14 bits per heavy atom. The number of rotatable bonds is 38. The molecule has 17 N–H and O–H groups in total. The lowest BCUT2D eigenvalue weighted by molar-refractivity contribution is -0.156. The largest absolute Gasteiger partial charge is 0.497 e. The third-order valence-electron chi connectivity index (χ3n) is 20.2. The number of hydrogen-bond donors (Lipinski definition) is 13. The second-order valence-corrected chi connectivity index (χ2v) is 32.0. The molecule has 33 nitrogen and oxygen atoms in total. The van der Waals surface area contributed by atoms with Gasteiger partial charge in [-0.1, -0.05) is 127 Å². The maximum absolute atomic E-state index is 10.4. The summed E-state index contributed by atoms with van der Waals surface area (Å²) in [5.74, 6) is 7.47. The number of fused-ring (bicyclic) bond motifs is 4. The van der Waals surface area contributed by atoms with Gasteiger partial charge in [0.15, 0.2) is 22.6 Å². The lowest BCUT2D eigenvalue weighted by atomic mass is 10.1. The number of halogens is 6. The van der Waals surface area contributed by atoms with Crippen molar-refractivity contribution in [2.24, 2.45) is 11.5 Å². The van der Waals surface area contributed by atoms with Gasteiger partial charge in [-0.25, -0.2) is 29.9 Å². The maximum Gasteiger partial charge on any atom is 0.446 e. The first-order valence-electron chi connectivity index (χ1n) is 43.8. The number of benzene rings is 3. The van der Waals surface area contributed by atoms with Gasteiger partial charge in [-0.05, 0) is 164 Å². The minimum atomic E-state index is -4.64. The minimum Gasteiger partial charge on any atom is -0.497 e. The number of aldehydes is 1. The number of nitrogens with zero attached hydrogens (tertiary/aromatic N) is 13. The van der Waals surface area contributed by atoms with Crippen LogP contribution in [0.5, 0.6) is 34.5 Å². The number of ether oxygens (including phenoxy) is 6. The van der Waals surface area contributed by atoms with Gasteiger partial charge < -0.3 is 98.4 Å². The number of hydrogen-bond acceptors (Lipinski definition) is 33. The number of anilines is 7. The lowest BCUT2D eigenvalue weighted by Crippen LogP contribution is -2.36. The summed E-state index contributed by atoms with van der Waals surface area (Å²) in [6.07, 6.45) is 9.83. The van der Waals surface area contributed by atoms with E-state index in [1.165, 1.54) is 0 Å². The number of methoxy groups -OCH3 is 6. The summed E-state index contributed by atoms with van der Waals surface area (Å²) in [6, 6.07) is 25.3. The monoisotopic (exact) mass is 1900 g/mol. The minimum absolute atomic E-state index is 0.00312. The van der Waals surface area contributed by atoms with Crippen molar-refractivity contribution in [2.75, 3.05) is 114 Å². The van der Waals surface area contributed by atoms with E-state index in [9.17, 15) is 28.5 Å². The van der Waals surface area contributed by atoms with Crippen molar-refractivity contribution >= 4 is 126 Å². The number of aliphatic hydroxyl groups excluding tert-OH is 4. The van der Waals surface area contributed by atoms with Crippen LogP contribution < -0.4 is 77.9 Å². The van der Waals surface area contributed by atoms with E-state index in [2.05, 4.69) is 154 Å². The average molecular weight is 1900 g/mol. The van der Waals surface area contributed by atoms with Crippen LogP contribution in [0.25, 0.3) is 44.1 Å². The molecule has 8 aromatic heterocycles. The highest BCUT2D eigenvalue weighted by Gasteiger charge is 2.25. The van der Waals surface area contributed by atoms with Gasteiger partial charge in [-0.15, -0.1) is 0 Å². The van der Waals surface area contributed by atoms with Gasteiger partial charge in [0.2, 0.25) is 30.1 Å². The zero-order valence-electron chi connectivity index (χ0n) is 79.4. The number of nitrogens with two attached hydrogens (primary N) is 4. The summed E-state index contributed by atoms with van der Waals surface area (Å²) in [4.78, 5) is 63.4. The second-order valence-electron chi connectivity index (χ2n) is 30.9. The molecule has 0 aliphatic rings. The summed E-state index contributed by atoms with van der Waals surface area (Å²) in [5.41, 5.74) is 34.1. The van der Waals surface area contributed by atoms with Crippen LogP contribution in [0.4, 0.5) is 54.4 Å². The lowest BCUT2D eigenvalue weighted by Gasteiger charge is -2.28. The summed E-state index contributed by atoms with van der Waals surface area (Å²) in [6.45, 7) is 30.2. The van der Waals surface area contributed by atoms with Crippen LogP contribution in [0.3, 0.4) is 0 Å². The molecule has 0 aliphatic carbocycles. The van der Waals surface area contributed by atoms with Crippen molar-refractivity contribution in [1.82, 2.24) is 64.7 Å². The van der Waals surface area contributed by atoms with Gasteiger partial charge in [0.05, 0.1) is 109 Å². The van der Waals surface area contributed by atoms with E-state index in [-0.39, 0.29) is 67.6 Å². The molecule has 11 rings (SSSR count). The predicted molar refractivity (Wildman–Crippen MR) is 525 cm³/mol. The van der Waals surface area contributed by atoms with Crippen molar-refractivity contribution in [3.63, 3.8) is 0 Å². The van der Waals surface area contributed by atoms with Crippen molar-refractivity contribution in [3.8, 4) is 34.5 Å². The molecular formula is C93H136Cl3F3N22O11. The Labute approximate surface area is 788 Å². The van der Waals surface area contributed by atoms with Crippen molar-refractivity contribution in [2.45, 2.75) is 229 Å². The number of aromatic nitrogens is 12. The Bertz CT molecular complexity index is 5220. The van der Waals surface area contributed by atoms with Crippen LogP contribution in [0.15, 0.2) is 91.3 Å². The SMILES string of the molecule is CCCC[C@@H](N)CO.CCCC[C@H](CO)Nc1nc(N)nc2c(C)ccnc12.CCCC[C@H](CO)Nc1nc(NCc2ccc(OC)cc2OC)nc2c(C)cc(Cl)nc12.CCCC[C@H](CO)Nc1nc(NCc2ccc(OC)cc2OC)nc2c(C)ccnc12.CCN(C(C)C)C(C)C.COc1ccc(CN)c(OC)c1.Cc1cc(Cl)nc2c(Cl)nc(N)nc12.O=CC(F)(F)F. The highest BCUT2D eigenvalue weighted by Crippen LogP contribution is 2.33. The molecule has 0 saturated carbocycles. The Morgan fingerprint density at radius 1 is 0.439 bits per heavy atom. The van der Waals surface area contributed by atoms with E-state index in [4.69, 9.17) is 96.1 Å². The van der Waals surface area contributed by atoms with Gasteiger partial charge in [0.1, 0.15) is 66.9 Å². The van der Waals surface area contributed by atoms with Crippen molar-refractivity contribution in [3.05, 3.63) is 146 Å². The third-order valence-corrected chi connectivity index (χ3v) is 20.8. The summed E-state index contributed by atoms with van der Waals surface area (Å²) in [7, 11) is 9.74. The summed E-state index contributed by atoms with van der Waals surface area (Å²) >= 11 is 17.8. The number of aryl methyl sites for hydroxylation is 4. The molecule has 0 amide bonds. The van der Waals surface area contributed by atoms with Gasteiger partial charge in [-0.3, -0.25) is 19.7 Å². The van der Waals surface area contributed by atoms with Crippen molar-refractivity contribution in [1.29, 1.82) is 0 Å². The molecule has 11 aromatic rings. The smallest absolute Gasteiger partial charge is 0.446 e. The van der Waals surface area contributed by atoms with Crippen LogP contribution in [0, 0.1) is 27.7 Å². The molecule has 0 radical (unpaired) electrons. The number of aliphatic hydroxyl groups is 4. The fourth-order valence-corrected chi connectivity index (χ4v) is 13.7. The Kier molecular flexibility index (Phi) is 51.8. The summed E-state index contributed by atoms with van der Waals surface area (Å²) in [5, 5.41) is 55.0. The molecule has 8 heterocycles. The van der Waals surface area contributed by atoms with E-state index in [1.807, 2.05) is 94.4 Å². The normalized spacial score (nSPS) is 11.8. The fourth-order valence-electron chi connectivity index (χ4n) is 13.0. The van der Waals surface area contributed by atoms with E-state index in [0.29, 0.717) is 110 Å². The second kappa shape index (κ2) is 60.3. The molecular weight excluding hydrogens is 1760 g/mol. The predicted octanol–water partition coefficient (Wildman–Crippen LogP) is 17.1. The maximum atomic E-state index is 10.4. The molecule has 0 fully saturated rings. The first-order chi connectivity index (χ1) is 63.1. The number of nitrogen functional groups attached to an aromatic ring is 2. The quantitative estimate of drug-likeness (QED) is 0.00971. The Balaban J connectivity index is 0.000000335. The molecule has 4 atom stereocenters. The molecule has 0 bridgehead atoms. The number of nitrogens with one attached hydrogen (secondary N) is 5. The topological polar surface area (TPSA) is 476 Å². The van der Waals surface area contributed by atoms with Crippen molar-refractivity contribution < 1.29 is 66.8 Å². The molecule has 0 unspecified atom stereocenters. The molecule has 3 aromatic carbocycles. The van der Waals surface area contributed by atoms with E-state index < -0.39 is 12.5 Å². The number of unbranched alkanes of at least 4 members (excludes halogenated alkanes) is 4. The fraction of sp³-hybridized carbons (Fsp3) is 0.495. The standard InChI is InChI=1S/C23H30ClN5O3.C23H31N5O3.C14H21N5O.C9H13NO2.C8H6Cl2N4.C8H19N.C6H15NO.C2HF3O/c1-5-6-7-16(13-30)26-22-21-20(14(2)10-19(24)27-21)28-23(29-22)25-12-15-8-9-17(31-3)11-18(15)32-4;1-5-6-7-17(14-29)26-22-21-20(15(2)10-11-24-21)27-23(28-22)25-13-16-8-9-18(30-3)12-19(16)31-4;1-3-4-5-10(8-20)17-13-12-11(18-14(15)19-13)9(2)6-7-16-12;1-11-8-4-3-7(6-10)9(5-8)12-2;1-3-2-4(9)12-6-5(3)13-8(11)14-7(6)10;1-6-9(7(2)3)8(4)5;1-2-3-4-6(7)5-8;3-2(4,5)1-6/h8-11,16,30H,5-7,12-13H2,1-4H3,(H2,25,26,28,29);8-12,17,29H,5-7,13-14H2,1-4H3,(H2,25,26,27,28);6-7,10,20H,3-5,8H2,1-2H3,(H3,15,17,18,19);3-5H,6,10H2,1-2H3;2H,1H3,(H2,11,13,14);7-8H,6H2,1-5H3;6,8H,2-5,7H2,1H3;1H/t16-;17-;10-;;;;6-;/m111...1./s1. The van der Waals surface area contributed by atoms with Crippen LogP contribution >= 0.6 is 34.8 Å². The average Bonchev–Trinajstić information content (AvgIpc) is 0.813. The number of alkyl halides is 3. The number of carbonyl (C=O) groups excluding carboxylic acids is 1. The molecule has 0 saturated heterocycles. The van der Waals surface area contributed by atoms with Crippen LogP contribution in [0.2, 0.25) is 15.5 Å². The third kappa shape index (κ3) is 38.0. The Morgan fingerprint density at radius 2 is 0.788 bits per heavy atom. The highest BCUT2D eigenvalue weighted by atomic mass is 35.5. The highest BCUT2D eigenvalue weighted by molar-refractivity contribution is 6.34. The molecule has 132 heavy (non-hydrogen) atoms. The van der Waals surface area contributed by atoms with Gasteiger partial charge in [-0.2, -0.15) is 33.1 Å². The zero-order chi connectivity index (χ0) is 98.2. The number of pyridine rings is 4. The van der Waals surface area contributed by atoms with E-state index >= 15 is 0 Å². The van der Waals surface area contributed by atoms with Gasteiger partial charge in [0, 0.05) is 85.0 Å². The molecule has 726 valence electrons.